The van der Waals surface area contributed by atoms with Gasteiger partial charge in [0.1, 0.15) is 0 Å². The van der Waals surface area contributed by atoms with Crippen LogP contribution in [0.1, 0.15) is 23.6 Å². The Morgan fingerprint density at radius 1 is 1.41 bits per heavy atom. The molecule has 1 aliphatic rings. The zero-order valence-electron chi connectivity index (χ0n) is 12.9. The maximum absolute atomic E-state index is 11.5. The van der Waals surface area contributed by atoms with Crippen LogP contribution in [0, 0.1) is 13.8 Å². The molecule has 0 aliphatic carbocycles. The van der Waals surface area contributed by atoms with Crippen LogP contribution in [0.5, 0.6) is 5.75 Å². The molecule has 1 unspecified atom stereocenters. The Bertz CT molecular complexity index is 774. The van der Waals surface area contributed by atoms with Crippen molar-refractivity contribution in [3.05, 3.63) is 39.2 Å². The zero-order chi connectivity index (χ0) is 16.4. The molecule has 0 bridgehead atoms. The zero-order valence-corrected chi connectivity index (χ0v) is 18.4. The van der Waals surface area contributed by atoms with E-state index in [2.05, 4.69) is 6.07 Å². The van der Waals surface area contributed by atoms with Crippen molar-refractivity contribution in [3.63, 3.8) is 0 Å². The van der Waals surface area contributed by atoms with Crippen LogP contribution in [-0.4, -0.2) is 12.1 Å². The van der Waals surface area contributed by atoms with Gasteiger partial charge in [-0.15, -0.1) is 0 Å². The van der Waals surface area contributed by atoms with Crippen molar-refractivity contribution in [3.8, 4) is 5.75 Å². The summed E-state index contributed by atoms with van der Waals surface area (Å²) < 4.78 is 12.5. The predicted octanol–water partition coefficient (Wildman–Crippen LogP) is 1.43. The molecular formula is C16H16HgO5. The number of hydrogen-bond donors (Lipinski definition) is 0. The van der Waals surface area contributed by atoms with Crippen LogP contribution in [0.3, 0.4) is 0 Å². The van der Waals surface area contributed by atoms with Gasteiger partial charge in [0.25, 0.3) is 0 Å². The fourth-order valence-corrected chi connectivity index (χ4v) is 3.84. The van der Waals surface area contributed by atoms with Gasteiger partial charge in [-0.2, -0.15) is 0 Å². The third kappa shape index (κ3) is 3.51. The van der Waals surface area contributed by atoms with Crippen molar-refractivity contribution in [1.29, 1.82) is 0 Å². The van der Waals surface area contributed by atoms with E-state index in [-0.39, 0.29) is 5.63 Å². The molecule has 3 rings (SSSR count). The van der Waals surface area contributed by atoms with E-state index in [4.69, 9.17) is 19.1 Å². The molecular weight excluding hydrogens is 473 g/mol. The summed E-state index contributed by atoms with van der Waals surface area (Å²) in [6.07, 6.45) is 1.33. The molecule has 0 fully saturated rings. The molecule has 0 spiro atoms. The van der Waals surface area contributed by atoms with E-state index in [0.29, 0.717) is 11.7 Å². The molecule has 5 nitrogen and oxygen atoms in total. The number of carboxylic acid groups (broad SMARTS) is 1. The molecule has 1 aromatic heterocycles. The van der Waals surface area contributed by atoms with Crippen LogP contribution < -0.4 is 15.5 Å². The van der Waals surface area contributed by atoms with Gasteiger partial charge in [-0.25, -0.2) is 0 Å². The summed E-state index contributed by atoms with van der Waals surface area (Å²) >= 11 is 0.752. The maximum atomic E-state index is 11.5. The first-order valence-corrected chi connectivity index (χ1v) is 10.9. The van der Waals surface area contributed by atoms with Crippen LogP contribution >= 0.6 is 0 Å². The fraction of sp³-hybridized carbons (Fsp3) is 0.375. The van der Waals surface area contributed by atoms with Gasteiger partial charge in [-0.3, -0.25) is 0 Å². The van der Waals surface area contributed by atoms with E-state index in [1.165, 1.54) is 9.49 Å². The van der Waals surface area contributed by atoms with Gasteiger partial charge >= 0.3 is 122 Å². The van der Waals surface area contributed by atoms with E-state index < -0.39 is 5.97 Å². The predicted molar refractivity (Wildman–Crippen MR) is 75.6 cm³/mol. The SMILES string of the molecule is CC(=O)[O-].Cc1cc(=O)oc2c(C)c3c(cc12)CC([CH2][Hg+])O3. The van der Waals surface area contributed by atoms with Gasteiger partial charge < -0.3 is 9.90 Å². The van der Waals surface area contributed by atoms with Crippen molar-refractivity contribution in [2.45, 2.75) is 37.2 Å². The first-order valence-electron chi connectivity index (χ1n) is 7.04. The first-order chi connectivity index (χ1) is 10.3. The van der Waals surface area contributed by atoms with E-state index in [0.717, 1.165) is 61.7 Å². The first kappa shape index (κ1) is 17.0. The van der Waals surface area contributed by atoms with Crippen LogP contribution in [0.15, 0.2) is 21.3 Å². The standard InChI is InChI=1S/C14H13O3.C2H4O2.Hg/c1-7-4-12(15)17-14-9(3)13-10(6-11(7)14)5-8(2)16-13;1-2(3)4;/h4,6,8H,2,5H2,1,3H3;1H3,(H,3,4);/q;;+1/p-1. The summed E-state index contributed by atoms with van der Waals surface area (Å²) in [7, 11) is 0. The monoisotopic (exact) mass is 490 g/mol. The Morgan fingerprint density at radius 3 is 2.64 bits per heavy atom. The quantitative estimate of drug-likeness (QED) is 0.448. The Balaban J connectivity index is 0.000000396. The molecule has 1 atom stereocenters. The molecule has 0 N–H and O–H groups in total. The molecule has 0 saturated carbocycles. The molecule has 0 amide bonds. The number of aliphatic carboxylic acids is 1. The van der Waals surface area contributed by atoms with E-state index in [9.17, 15) is 4.79 Å². The third-order valence-corrected chi connectivity index (χ3v) is 6.06. The van der Waals surface area contributed by atoms with Crippen molar-refractivity contribution < 1.29 is 45.2 Å². The van der Waals surface area contributed by atoms with Crippen LogP contribution in [0.25, 0.3) is 11.0 Å². The Morgan fingerprint density at radius 2 is 2.05 bits per heavy atom. The Labute approximate surface area is 144 Å². The number of benzene rings is 1. The van der Waals surface area contributed by atoms with Gasteiger partial charge in [0, 0.05) is 5.97 Å². The second-order valence-corrected chi connectivity index (χ2v) is 7.58. The minimum atomic E-state index is -1.08. The summed E-state index contributed by atoms with van der Waals surface area (Å²) in [6, 6.07) is 3.68. The summed E-state index contributed by atoms with van der Waals surface area (Å²) in [5.74, 6) is -0.147. The normalized spacial score (nSPS) is 15.8. The van der Waals surface area contributed by atoms with Crippen LogP contribution in [0.2, 0.25) is 3.93 Å². The molecule has 1 aliphatic heterocycles. The molecule has 0 radical (unpaired) electrons. The van der Waals surface area contributed by atoms with Crippen molar-refractivity contribution in [2.24, 2.45) is 0 Å². The van der Waals surface area contributed by atoms with Gasteiger partial charge in [0.05, 0.1) is 0 Å². The number of hydrogen-bond acceptors (Lipinski definition) is 5. The van der Waals surface area contributed by atoms with Gasteiger partial charge in [-0.05, 0) is 6.92 Å². The average Bonchev–Trinajstić information content (AvgIpc) is 2.83. The van der Waals surface area contributed by atoms with E-state index >= 15 is 0 Å². The molecule has 6 heteroatoms. The van der Waals surface area contributed by atoms with Crippen LogP contribution in [-0.2, 0) is 37.3 Å². The molecule has 22 heavy (non-hydrogen) atoms. The van der Waals surface area contributed by atoms with Crippen molar-refractivity contribution in [1.82, 2.24) is 0 Å². The number of rotatable bonds is 1. The number of ether oxygens (including phenoxy) is 1. The van der Waals surface area contributed by atoms with Gasteiger partial charge in [0.15, 0.2) is 0 Å². The second kappa shape index (κ2) is 6.81. The van der Waals surface area contributed by atoms with E-state index in [1.54, 1.807) is 6.07 Å². The molecule has 112 valence electrons. The minimum absolute atomic E-state index is 0.288. The summed E-state index contributed by atoms with van der Waals surface area (Å²) in [5.41, 5.74) is 3.59. The summed E-state index contributed by atoms with van der Waals surface area (Å²) in [6.45, 7) is 4.90. The second-order valence-electron chi connectivity index (χ2n) is 5.34. The number of aryl methyl sites for hydroxylation is 2. The average molecular weight is 489 g/mol. The molecule has 0 saturated heterocycles. The molecule has 2 heterocycles. The van der Waals surface area contributed by atoms with E-state index in [1.807, 2.05) is 13.8 Å². The fourth-order valence-electron chi connectivity index (χ4n) is 2.59. The Hall–Kier alpha value is -1.36. The summed E-state index contributed by atoms with van der Waals surface area (Å²) in [5, 5.41) is 9.92. The number of carboxylic acids is 1. The Kier molecular flexibility index (Phi) is 5.26. The van der Waals surface area contributed by atoms with Gasteiger partial charge in [-0.1, -0.05) is 0 Å². The van der Waals surface area contributed by atoms with Crippen molar-refractivity contribution >= 4 is 16.9 Å². The summed E-state index contributed by atoms with van der Waals surface area (Å²) in [4.78, 5) is 20.4. The molecule has 1 aromatic carbocycles. The number of fused-ring (bicyclic) bond motifs is 2. The van der Waals surface area contributed by atoms with Crippen molar-refractivity contribution in [2.75, 3.05) is 0 Å². The van der Waals surface area contributed by atoms with Gasteiger partial charge in [0.2, 0.25) is 0 Å². The molecule has 2 aromatic rings. The number of carbonyl (C=O) groups excluding carboxylic acids is 1. The number of carbonyl (C=O) groups is 1. The third-order valence-electron chi connectivity index (χ3n) is 3.55. The topological polar surface area (TPSA) is 79.6 Å². The van der Waals surface area contributed by atoms with Crippen LogP contribution in [0.4, 0.5) is 0 Å².